The van der Waals surface area contributed by atoms with Crippen LogP contribution in [0.1, 0.15) is 194 Å². The number of hydrogen-bond acceptors (Lipinski definition) is 14. The fourth-order valence-electron chi connectivity index (χ4n) is 7.41. The van der Waals surface area contributed by atoms with Crippen molar-refractivity contribution in [2.75, 3.05) is 13.2 Å². The van der Waals surface area contributed by atoms with E-state index in [2.05, 4.69) is 22.9 Å². The van der Waals surface area contributed by atoms with Crippen molar-refractivity contribution >= 4 is 35.4 Å². The summed E-state index contributed by atoms with van der Waals surface area (Å²) in [4.78, 5) is 73.1. The molecule has 8 N–H and O–H groups in total. The molecule has 1 saturated carbocycles. The van der Waals surface area contributed by atoms with Crippen molar-refractivity contribution in [1.82, 2.24) is 0 Å². The van der Waals surface area contributed by atoms with Crippen LogP contribution in [-0.4, -0.2) is 108 Å². The van der Waals surface area contributed by atoms with Crippen LogP contribution in [0.5, 0.6) is 0 Å². The van der Waals surface area contributed by atoms with Crippen LogP contribution < -0.4 is 0 Å². The van der Waals surface area contributed by atoms with Gasteiger partial charge in [0.05, 0.1) is 6.61 Å². The third kappa shape index (κ3) is 30.9. The van der Waals surface area contributed by atoms with Crippen molar-refractivity contribution in [2.45, 2.75) is 236 Å². The van der Waals surface area contributed by atoms with Crippen LogP contribution in [0.2, 0.25) is 0 Å². The number of esters is 2. The summed E-state index contributed by atoms with van der Waals surface area (Å²) in [5, 5.41) is 31.8. The Morgan fingerprint density at radius 1 is 0.444 bits per heavy atom. The van der Waals surface area contributed by atoms with Gasteiger partial charge < -0.3 is 49.3 Å². The van der Waals surface area contributed by atoms with Gasteiger partial charge in [-0.2, -0.15) is 0 Å². The first-order valence-electron chi connectivity index (χ1n) is 23.3. The van der Waals surface area contributed by atoms with Crippen molar-refractivity contribution in [1.29, 1.82) is 0 Å². The number of unbranched alkanes of at least 4 members (excludes halogenated alkanes) is 24. The molecule has 1 unspecified atom stereocenters. The standard InChI is InChI=1S/C41H81O19P3/c1-3-5-7-9-11-13-15-17-19-21-23-25-27-29-34(42)55-31-33(57-35(43)30-28-26-24-22-20-18-16-14-12-10-8-6-4-2)32-56-63(53,54)60-39-36(44)37(45)40(58-61(47,48)49)41(38(39)46)59-62(50,51)52/h33,36-41,44-46H,3-32H2,1-2H3,(H,53,54)(H2,47,48,49)(H2,50,51,52)/t33-,36-,37-,38-,39-,40+,41+/m1/s1. The Hall–Kier alpha value is -0.850. The summed E-state index contributed by atoms with van der Waals surface area (Å²) in [5.74, 6) is -1.28. The average molecular weight is 971 g/mol. The summed E-state index contributed by atoms with van der Waals surface area (Å²) in [5.41, 5.74) is 0. The molecule has 0 aliphatic heterocycles. The summed E-state index contributed by atoms with van der Waals surface area (Å²) in [7, 11) is -16.6. The number of aliphatic hydroxyl groups is 3. The summed E-state index contributed by atoms with van der Waals surface area (Å²) in [6, 6.07) is 0. The third-order valence-corrected chi connectivity index (χ3v) is 12.9. The number of hydrogen-bond donors (Lipinski definition) is 8. The Balaban J connectivity index is 2.74. The Morgan fingerprint density at radius 3 is 1.16 bits per heavy atom. The predicted molar refractivity (Wildman–Crippen MR) is 234 cm³/mol. The summed E-state index contributed by atoms with van der Waals surface area (Å²) < 4.78 is 65.4. The van der Waals surface area contributed by atoms with Crippen LogP contribution in [0.15, 0.2) is 0 Å². The number of phosphoric acid groups is 3. The van der Waals surface area contributed by atoms with Gasteiger partial charge >= 0.3 is 35.4 Å². The van der Waals surface area contributed by atoms with E-state index in [1.54, 1.807) is 0 Å². The lowest BCUT2D eigenvalue weighted by Crippen LogP contribution is -2.65. The molecule has 19 nitrogen and oxygen atoms in total. The van der Waals surface area contributed by atoms with Gasteiger partial charge in [-0.15, -0.1) is 0 Å². The average Bonchev–Trinajstić information content (AvgIpc) is 3.20. The Bertz CT molecular complexity index is 1350. The monoisotopic (exact) mass is 970 g/mol. The van der Waals surface area contributed by atoms with Crippen LogP contribution in [-0.2, 0) is 50.9 Å². The van der Waals surface area contributed by atoms with Crippen LogP contribution in [0.4, 0.5) is 0 Å². The number of phosphoric ester groups is 3. The van der Waals surface area contributed by atoms with Gasteiger partial charge in [-0.1, -0.05) is 168 Å². The lowest BCUT2D eigenvalue weighted by molar-refractivity contribution is -0.213. The second-order valence-electron chi connectivity index (χ2n) is 16.7. The van der Waals surface area contributed by atoms with E-state index < -0.39 is 91.3 Å². The van der Waals surface area contributed by atoms with Crippen molar-refractivity contribution in [3.05, 3.63) is 0 Å². The molecule has 0 aromatic rings. The number of ether oxygens (including phenoxy) is 2. The molecule has 374 valence electrons. The zero-order valence-corrected chi connectivity index (χ0v) is 40.3. The van der Waals surface area contributed by atoms with Crippen LogP contribution in [0.3, 0.4) is 0 Å². The maximum Gasteiger partial charge on any atom is 0.472 e. The first-order valence-corrected chi connectivity index (χ1v) is 27.9. The number of aliphatic hydroxyl groups excluding tert-OH is 3. The van der Waals surface area contributed by atoms with E-state index in [1.165, 1.54) is 103 Å². The number of rotatable bonds is 40. The molecule has 1 fully saturated rings. The smallest absolute Gasteiger partial charge is 0.462 e. The normalized spacial score (nSPS) is 22.1. The molecule has 0 aromatic carbocycles. The lowest BCUT2D eigenvalue weighted by atomic mass is 9.85. The molecule has 22 heteroatoms. The predicted octanol–water partition coefficient (Wildman–Crippen LogP) is 7.96. The molecule has 1 rings (SSSR count). The highest BCUT2D eigenvalue weighted by molar-refractivity contribution is 7.47. The van der Waals surface area contributed by atoms with E-state index in [-0.39, 0.29) is 12.8 Å². The summed E-state index contributed by atoms with van der Waals surface area (Å²) >= 11 is 0. The number of carbonyl (C=O) groups excluding carboxylic acids is 2. The maximum atomic E-state index is 13.1. The van der Waals surface area contributed by atoms with Gasteiger partial charge in [0.2, 0.25) is 0 Å². The molecule has 0 saturated heterocycles. The Kier molecular flexibility index (Phi) is 32.9. The summed E-state index contributed by atoms with van der Waals surface area (Å²) in [6.45, 7) is 2.94. The highest BCUT2D eigenvalue weighted by Crippen LogP contribution is 2.51. The van der Waals surface area contributed by atoms with Crippen LogP contribution >= 0.6 is 23.5 Å². The van der Waals surface area contributed by atoms with Crippen LogP contribution in [0, 0.1) is 0 Å². The summed E-state index contributed by atoms with van der Waals surface area (Å²) in [6.07, 6.45) is 12.7. The second-order valence-corrected chi connectivity index (χ2v) is 20.5. The fourth-order valence-corrected chi connectivity index (χ4v) is 9.50. The molecule has 8 atom stereocenters. The molecular weight excluding hydrogens is 889 g/mol. The lowest BCUT2D eigenvalue weighted by Gasteiger charge is -2.44. The van der Waals surface area contributed by atoms with E-state index in [9.17, 15) is 63.1 Å². The fraction of sp³-hybridized carbons (Fsp3) is 0.951. The minimum atomic E-state index is -5.59. The van der Waals surface area contributed by atoms with E-state index in [0.29, 0.717) is 12.8 Å². The van der Waals surface area contributed by atoms with Gasteiger partial charge in [-0.05, 0) is 12.8 Å². The van der Waals surface area contributed by atoms with Gasteiger partial charge in [0.25, 0.3) is 0 Å². The van der Waals surface area contributed by atoms with Crippen LogP contribution in [0.25, 0.3) is 0 Å². The number of carbonyl (C=O) groups is 2. The first kappa shape index (κ1) is 60.2. The van der Waals surface area contributed by atoms with Gasteiger partial charge in [0.1, 0.15) is 43.2 Å². The van der Waals surface area contributed by atoms with Crippen molar-refractivity contribution in [3.8, 4) is 0 Å². The largest absolute Gasteiger partial charge is 0.472 e. The zero-order valence-electron chi connectivity index (χ0n) is 37.7. The molecule has 0 aromatic heterocycles. The third-order valence-electron chi connectivity index (χ3n) is 10.9. The Labute approximate surface area is 374 Å². The van der Waals surface area contributed by atoms with Crippen molar-refractivity contribution in [2.24, 2.45) is 0 Å². The minimum absolute atomic E-state index is 0.00556. The van der Waals surface area contributed by atoms with Gasteiger partial charge in [-0.25, -0.2) is 13.7 Å². The molecule has 1 aliphatic rings. The molecule has 0 spiro atoms. The van der Waals surface area contributed by atoms with Gasteiger partial charge in [0, 0.05) is 12.8 Å². The van der Waals surface area contributed by atoms with E-state index in [4.69, 9.17) is 18.5 Å². The molecule has 0 bridgehead atoms. The van der Waals surface area contributed by atoms with Gasteiger partial charge in [-0.3, -0.25) is 27.7 Å². The SMILES string of the molecule is CCCCCCCCCCCCCCCC(=O)OC[C@H](COP(=O)(O)O[C@@H]1[C@H](O)[C@@H](O)[C@H](OP(=O)(O)O)[C@@H](OP(=O)(O)O)[C@@H]1O)OC(=O)CCCCCCCCCCCCCCC. The van der Waals surface area contributed by atoms with Crippen molar-refractivity contribution < 1.29 is 90.6 Å². The molecular formula is C41H81O19P3. The first-order chi connectivity index (χ1) is 29.8. The quantitative estimate of drug-likeness (QED) is 0.0164. The molecule has 63 heavy (non-hydrogen) atoms. The molecule has 0 heterocycles. The molecule has 0 radical (unpaired) electrons. The zero-order chi connectivity index (χ0) is 47.2. The maximum absolute atomic E-state index is 13.1. The highest BCUT2D eigenvalue weighted by Gasteiger charge is 2.56. The highest BCUT2D eigenvalue weighted by atomic mass is 31.2. The van der Waals surface area contributed by atoms with E-state index in [1.807, 2.05) is 0 Å². The topological polar surface area (TPSA) is 303 Å². The van der Waals surface area contributed by atoms with E-state index in [0.717, 1.165) is 51.4 Å². The van der Waals surface area contributed by atoms with E-state index >= 15 is 0 Å². The molecule has 1 aliphatic carbocycles. The Morgan fingerprint density at radius 2 is 0.778 bits per heavy atom. The van der Waals surface area contributed by atoms with Crippen molar-refractivity contribution in [3.63, 3.8) is 0 Å². The molecule has 0 amide bonds. The minimum Gasteiger partial charge on any atom is -0.462 e. The van der Waals surface area contributed by atoms with Gasteiger partial charge in [0.15, 0.2) is 6.10 Å². The second kappa shape index (κ2) is 34.4.